The second-order valence-corrected chi connectivity index (χ2v) is 4.74. The van der Waals surface area contributed by atoms with E-state index in [2.05, 4.69) is 0 Å². The highest BCUT2D eigenvalue weighted by atomic mass is 16.1. The minimum Gasteiger partial charge on any atom is -0.321 e. The molecular formula is C13H19NO. The van der Waals surface area contributed by atoms with Crippen molar-refractivity contribution < 1.29 is 7.54 Å². The minimum atomic E-state index is -0.610. The predicted molar refractivity (Wildman–Crippen MR) is 62.6 cm³/mol. The molecule has 0 aliphatic rings. The van der Waals surface area contributed by atoms with Crippen molar-refractivity contribution in [3.8, 4) is 0 Å². The number of hydrogen-bond acceptors (Lipinski definition) is 2. The molecule has 2 heteroatoms. The number of rotatable bonds is 3. The maximum Gasteiger partial charge on any atom is 0.155 e. The minimum absolute atomic E-state index is 0.0210. The number of carbonyl (C=O) groups is 1. The Labute approximate surface area is 94.3 Å². The van der Waals surface area contributed by atoms with Gasteiger partial charge in [0.05, 0.1) is 8.78 Å². The third-order valence-electron chi connectivity index (χ3n) is 2.22. The molecular weight excluding hydrogens is 186 g/mol. The van der Waals surface area contributed by atoms with Crippen molar-refractivity contribution in [2.45, 2.75) is 33.2 Å². The van der Waals surface area contributed by atoms with Crippen LogP contribution in [0.1, 0.15) is 29.1 Å². The largest absolute Gasteiger partial charge is 0.321 e. The molecule has 0 heterocycles. The molecule has 1 atom stereocenters. The van der Waals surface area contributed by atoms with Crippen LogP contribution in [-0.2, 0) is 11.2 Å². The van der Waals surface area contributed by atoms with Gasteiger partial charge in [-0.25, -0.2) is 0 Å². The van der Waals surface area contributed by atoms with Crippen LogP contribution in [0.15, 0.2) is 30.3 Å². The van der Waals surface area contributed by atoms with Crippen LogP contribution in [-0.4, -0.2) is 11.8 Å². The Balaban J connectivity index is 2.85. The molecule has 2 nitrogen and oxygen atoms in total. The Morgan fingerprint density at radius 1 is 1.53 bits per heavy atom. The van der Waals surface area contributed by atoms with Crippen LogP contribution in [0, 0.1) is 5.41 Å². The van der Waals surface area contributed by atoms with Gasteiger partial charge in [-0.15, -0.1) is 0 Å². The van der Waals surface area contributed by atoms with Gasteiger partial charge in [0.1, 0.15) is 0 Å². The van der Waals surface area contributed by atoms with Gasteiger partial charge in [0.2, 0.25) is 0 Å². The van der Waals surface area contributed by atoms with Gasteiger partial charge in [-0.2, -0.15) is 0 Å². The van der Waals surface area contributed by atoms with Crippen LogP contribution in [0.25, 0.3) is 0 Å². The summed E-state index contributed by atoms with van der Waals surface area (Å²) in [5, 5.41) is 0. The molecule has 0 aliphatic heterocycles. The number of ketones is 1. The van der Waals surface area contributed by atoms with Crippen molar-refractivity contribution in [3.63, 3.8) is 0 Å². The Bertz CT molecular complexity index is 424. The summed E-state index contributed by atoms with van der Waals surface area (Å²) < 4.78 is 15.2. The van der Waals surface area contributed by atoms with Crippen molar-refractivity contribution in [1.29, 1.82) is 0 Å². The average molecular weight is 207 g/mol. The first kappa shape index (κ1) is 9.10. The van der Waals surface area contributed by atoms with Crippen molar-refractivity contribution in [2.75, 3.05) is 0 Å². The Morgan fingerprint density at radius 2 is 2.20 bits per heavy atom. The highest BCUT2D eigenvalue weighted by molar-refractivity contribution is 5.88. The van der Waals surface area contributed by atoms with E-state index in [0.29, 0.717) is 24.1 Å². The maximum atomic E-state index is 11.9. The van der Waals surface area contributed by atoms with Crippen LogP contribution in [0.3, 0.4) is 0 Å². The molecule has 1 aromatic rings. The van der Waals surface area contributed by atoms with Gasteiger partial charge in [-0.3, -0.25) is 4.79 Å². The molecule has 0 amide bonds. The number of carbonyl (C=O) groups excluding carboxylic acids is 1. The number of hydrogen-bond donors (Lipinski definition) is 1. The first-order valence-electron chi connectivity index (χ1n) is 6.08. The van der Waals surface area contributed by atoms with Crippen LogP contribution in [0.2, 0.25) is 0 Å². The van der Waals surface area contributed by atoms with Crippen molar-refractivity contribution in [1.82, 2.24) is 0 Å². The fourth-order valence-electron chi connectivity index (χ4n) is 1.39. The van der Waals surface area contributed by atoms with E-state index in [4.69, 9.17) is 8.48 Å². The summed E-state index contributed by atoms with van der Waals surface area (Å²) >= 11 is 0. The van der Waals surface area contributed by atoms with Gasteiger partial charge >= 0.3 is 0 Å². The first-order valence-corrected chi connectivity index (χ1v) is 5.08. The SMILES string of the molecule is [2H]c1ccc([2H])c(C[C@H](N)C(=O)C(C)(C)C)c1. The maximum absolute atomic E-state index is 11.9. The summed E-state index contributed by atoms with van der Waals surface area (Å²) in [5.41, 5.74) is 6.04. The molecule has 1 aromatic carbocycles. The molecule has 0 saturated heterocycles. The van der Waals surface area contributed by atoms with Crippen LogP contribution in [0.5, 0.6) is 0 Å². The third-order valence-corrected chi connectivity index (χ3v) is 2.22. The fraction of sp³-hybridized carbons (Fsp3) is 0.462. The van der Waals surface area contributed by atoms with Crippen LogP contribution in [0.4, 0.5) is 0 Å². The first-order chi connectivity index (χ1) is 7.71. The molecule has 0 fully saturated rings. The van der Waals surface area contributed by atoms with Crippen molar-refractivity contribution >= 4 is 5.78 Å². The summed E-state index contributed by atoms with van der Waals surface area (Å²) in [7, 11) is 0. The lowest BCUT2D eigenvalue weighted by Crippen LogP contribution is -2.40. The van der Waals surface area contributed by atoms with Gasteiger partial charge < -0.3 is 5.73 Å². The molecule has 2 N–H and O–H groups in total. The molecule has 0 bridgehead atoms. The second-order valence-electron chi connectivity index (χ2n) is 4.74. The summed E-state index contributed by atoms with van der Waals surface area (Å²) in [6.45, 7) is 5.49. The molecule has 0 aromatic heterocycles. The monoisotopic (exact) mass is 207 g/mol. The van der Waals surface area contributed by atoms with E-state index in [1.165, 1.54) is 0 Å². The Hall–Kier alpha value is -1.15. The van der Waals surface area contributed by atoms with Crippen LogP contribution < -0.4 is 5.73 Å². The van der Waals surface area contributed by atoms with Gasteiger partial charge in [-0.05, 0) is 12.0 Å². The topological polar surface area (TPSA) is 43.1 Å². The smallest absolute Gasteiger partial charge is 0.155 e. The van der Waals surface area contributed by atoms with E-state index in [9.17, 15) is 4.79 Å². The number of Topliss-reactive ketones (excluding diaryl/α,β-unsaturated/α-hetero) is 1. The molecule has 0 saturated carbocycles. The summed E-state index contributed by atoms with van der Waals surface area (Å²) in [5.74, 6) is -0.0210. The fourth-order valence-corrected chi connectivity index (χ4v) is 1.39. The zero-order chi connectivity index (χ0) is 13.2. The van der Waals surface area contributed by atoms with E-state index in [-0.39, 0.29) is 5.78 Å². The van der Waals surface area contributed by atoms with Crippen LogP contribution >= 0.6 is 0 Å². The third kappa shape index (κ3) is 3.48. The molecule has 0 aliphatic carbocycles. The van der Waals surface area contributed by atoms with E-state index in [1.807, 2.05) is 20.8 Å². The summed E-state index contributed by atoms with van der Waals surface area (Å²) in [4.78, 5) is 11.9. The van der Waals surface area contributed by atoms with E-state index in [0.717, 1.165) is 0 Å². The highest BCUT2D eigenvalue weighted by Crippen LogP contribution is 2.17. The van der Waals surface area contributed by atoms with Gasteiger partial charge in [0, 0.05) is 5.41 Å². The quantitative estimate of drug-likeness (QED) is 0.825. The predicted octanol–water partition coefficient (Wildman–Crippen LogP) is 2.17. The second kappa shape index (κ2) is 4.58. The van der Waals surface area contributed by atoms with Gasteiger partial charge in [-0.1, -0.05) is 51.1 Å². The standard InChI is InChI=1S/C13H19NO/c1-13(2,3)12(15)11(14)9-10-7-5-4-6-8-10/h4-8,11H,9,14H2,1-3H3/t11-/m0/s1/i5D,8D. The van der Waals surface area contributed by atoms with E-state index >= 15 is 0 Å². The van der Waals surface area contributed by atoms with E-state index in [1.54, 1.807) is 18.2 Å². The van der Waals surface area contributed by atoms with Crippen molar-refractivity contribution in [2.24, 2.45) is 11.1 Å². The average Bonchev–Trinajstić information content (AvgIpc) is 2.21. The lowest BCUT2D eigenvalue weighted by atomic mass is 9.85. The van der Waals surface area contributed by atoms with Gasteiger partial charge in [0.25, 0.3) is 0 Å². The number of nitrogens with two attached hydrogens (primary N) is 1. The molecule has 15 heavy (non-hydrogen) atoms. The Morgan fingerprint density at radius 3 is 2.80 bits per heavy atom. The summed E-state index contributed by atoms with van der Waals surface area (Å²) in [6, 6.07) is 4.78. The zero-order valence-electron chi connectivity index (χ0n) is 11.5. The zero-order valence-corrected chi connectivity index (χ0v) is 9.50. The lowest BCUT2D eigenvalue weighted by Gasteiger charge is -2.21. The molecule has 0 unspecified atom stereocenters. The highest BCUT2D eigenvalue weighted by Gasteiger charge is 2.26. The molecule has 0 radical (unpaired) electrons. The van der Waals surface area contributed by atoms with Gasteiger partial charge in [0.15, 0.2) is 5.78 Å². The van der Waals surface area contributed by atoms with E-state index < -0.39 is 11.5 Å². The lowest BCUT2D eigenvalue weighted by molar-refractivity contribution is -0.127. The Kier molecular flexibility index (Phi) is 2.78. The molecule has 82 valence electrons. The number of benzene rings is 1. The molecule has 0 spiro atoms. The molecule has 1 rings (SSSR count). The summed E-state index contributed by atoms with van der Waals surface area (Å²) in [6.07, 6.45) is 0.321. The van der Waals surface area contributed by atoms with Crippen molar-refractivity contribution in [3.05, 3.63) is 35.8 Å². The normalized spacial score (nSPS) is 15.5.